The molecule has 0 aliphatic heterocycles. The van der Waals surface area contributed by atoms with E-state index in [1.165, 1.54) is 12.1 Å². The zero-order valence-electron chi connectivity index (χ0n) is 9.44. The van der Waals surface area contributed by atoms with Gasteiger partial charge in [0.2, 0.25) is 0 Å². The summed E-state index contributed by atoms with van der Waals surface area (Å²) >= 11 is 0. The molecule has 0 radical (unpaired) electrons. The van der Waals surface area contributed by atoms with Crippen molar-refractivity contribution in [2.45, 2.75) is 0 Å². The minimum absolute atomic E-state index is 0.254. The largest absolute Gasteiger partial charge is 0.333 e. The van der Waals surface area contributed by atoms with Crippen LogP contribution in [0.3, 0.4) is 0 Å². The van der Waals surface area contributed by atoms with E-state index in [1.807, 2.05) is 18.2 Å². The van der Waals surface area contributed by atoms with Gasteiger partial charge in [0.15, 0.2) is 0 Å². The molecule has 0 unspecified atom stereocenters. The third kappa shape index (κ3) is 2.09. The summed E-state index contributed by atoms with van der Waals surface area (Å²) in [6.45, 7) is 0. The highest BCUT2D eigenvalue weighted by Gasteiger charge is 1.97. The Hall–Kier alpha value is -2.60. The first-order chi connectivity index (χ1) is 8.81. The van der Waals surface area contributed by atoms with Crippen molar-refractivity contribution in [3.8, 4) is 11.8 Å². The van der Waals surface area contributed by atoms with Crippen LogP contribution in [-0.2, 0) is 0 Å². The van der Waals surface area contributed by atoms with Crippen molar-refractivity contribution in [3.63, 3.8) is 0 Å². The predicted octanol–water partition coefficient (Wildman–Crippen LogP) is 3.10. The van der Waals surface area contributed by atoms with E-state index in [4.69, 9.17) is 0 Å². The maximum atomic E-state index is 12.7. The highest BCUT2D eigenvalue weighted by molar-refractivity contribution is 5.77. The highest BCUT2D eigenvalue weighted by atomic mass is 19.1. The standard InChI is InChI=1S/C15H9FN2/c16-13-6-3-11(4-7-13)5-8-14-10-12-2-1-9-17-15(12)18-14/h1-4,6-7,9-10H,(H,17,18). The molecule has 0 amide bonds. The van der Waals surface area contributed by atoms with Gasteiger partial charge in [-0.15, -0.1) is 0 Å². The number of H-pyrrole nitrogens is 1. The molecule has 18 heavy (non-hydrogen) atoms. The van der Waals surface area contributed by atoms with Gasteiger partial charge in [-0.25, -0.2) is 9.37 Å². The zero-order valence-corrected chi connectivity index (χ0v) is 9.44. The van der Waals surface area contributed by atoms with Crippen molar-refractivity contribution >= 4 is 11.0 Å². The topological polar surface area (TPSA) is 28.7 Å². The normalized spacial score (nSPS) is 10.1. The van der Waals surface area contributed by atoms with E-state index in [1.54, 1.807) is 18.3 Å². The maximum Gasteiger partial charge on any atom is 0.138 e. The summed E-state index contributed by atoms with van der Waals surface area (Å²) in [7, 11) is 0. The zero-order chi connectivity index (χ0) is 12.4. The molecule has 0 fully saturated rings. The minimum Gasteiger partial charge on any atom is -0.333 e. The fraction of sp³-hybridized carbons (Fsp3) is 0. The molecular formula is C15H9FN2. The number of hydrogen-bond acceptors (Lipinski definition) is 1. The van der Waals surface area contributed by atoms with E-state index in [-0.39, 0.29) is 5.82 Å². The van der Waals surface area contributed by atoms with Crippen molar-refractivity contribution in [1.82, 2.24) is 9.97 Å². The number of nitrogens with one attached hydrogen (secondary N) is 1. The second kappa shape index (κ2) is 4.34. The van der Waals surface area contributed by atoms with E-state index in [0.29, 0.717) is 0 Å². The van der Waals surface area contributed by atoms with Gasteiger partial charge in [-0.3, -0.25) is 0 Å². The molecule has 0 atom stereocenters. The second-order valence-corrected chi connectivity index (χ2v) is 3.88. The van der Waals surface area contributed by atoms with E-state index < -0.39 is 0 Å². The Kier molecular flexibility index (Phi) is 2.54. The highest BCUT2D eigenvalue weighted by Crippen LogP contribution is 2.11. The van der Waals surface area contributed by atoms with E-state index in [9.17, 15) is 4.39 Å². The summed E-state index contributed by atoms with van der Waals surface area (Å²) < 4.78 is 12.7. The smallest absolute Gasteiger partial charge is 0.138 e. The molecule has 1 N–H and O–H groups in total. The van der Waals surface area contributed by atoms with Crippen LogP contribution in [0.2, 0.25) is 0 Å². The SMILES string of the molecule is Fc1ccc(C#Cc2cc3cccnc3[nH]2)cc1. The van der Waals surface area contributed by atoms with Gasteiger partial charge in [0.1, 0.15) is 11.5 Å². The average molecular weight is 236 g/mol. The summed E-state index contributed by atoms with van der Waals surface area (Å²) in [5.41, 5.74) is 2.40. The lowest BCUT2D eigenvalue weighted by atomic mass is 10.2. The summed E-state index contributed by atoms with van der Waals surface area (Å²) in [5, 5.41) is 1.03. The molecule has 0 aliphatic rings. The lowest BCUT2D eigenvalue weighted by Crippen LogP contribution is -1.77. The molecule has 0 bridgehead atoms. The number of pyridine rings is 1. The Balaban J connectivity index is 1.95. The van der Waals surface area contributed by atoms with Crippen LogP contribution in [0.15, 0.2) is 48.7 Å². The molecule has 0 aliphatic carbocycles. The molecule has 2 heterocycles. The maximum absolute atomic E-state index is 12.7. The summed E-state index contributed by atoms with van der Waals surface area (Å²) in [6.07, 6.45) is 1.73. The van der Waals surface area contributed by atoms with Crippen LogP contribution in [0.25, 0.3) is 11.0 Å². The molecule has 0 saturated carbocycles. The van der Waals surface area contributed by atoms with E-state index in [2.05, 4.69) is 21.8 Å². The lowest BCUT2D eigenvalue weighted by Gasteiger charge is -1.88. The van der Waals surface area contributed by atoms with Gasteiger partial charge in [0, 0.05) is 17.1 Å². The first kappa shape index (κ1) is 10.5. The number of nitrogens with zero attached hydrogens (tertiary/aromatic N) is 1. The average Bonchev–Trinajstić information content (AvgIpc) is 2.81. The van der Waals surface area contributed by atoms with Gasteiger partial charge < -0.3 is 4.98 Å². The van der Waals surface area contributed by atoms with Gasteiger partial charge in [0.05, 0.1) is 5.69 Å². The molecule has 1 aromatic carbocycles. The quantitative estimate of drug-likeness (QED) is 0.597. The Morgan fingerprint density at radius 2 is 1.89 bits per heavy atom. The number of hydrogen-bond donors (Lipinski definition) is 1. The number of aromatic nitrogens is 2. The summed E-state index contributed by atoms with van der Waals surface area (Å²) in [6, 6.07) is 11.9. The Labute approximate surface area is 103 Å². The summed E-state index contributed by atoms with van der Waals surface area (Å²) in [5.74, 6) is 5.72. The molecule has 2 nitrogen and oxygen atoms in total. The molecule has 3 aromatic rings. The number of halogens is 1. The molecule has 3 rings (SSSR count). The van der Waals surface area contributed by atoms with Crippen LogP contribution in [0, 0.1) is 17.7 Å². The van der Waals surface area contributed by atoms with Crippen LogP contribution < -0.4 is 0 Å². The van der Waals surface area contributed by atoms with Gasteiger partial charge in [-0.05, 0) is 48.4 Å². The van der Waals surface area contributed by atoms with Gasteiger partial charge >= 0.3 is 0 Å². The Bertz CT molecular complexity index is 712. The molecular weight excluding hydrogens is 227 g/mol. The van der Waals surface area contributed by atoms with E-state index in [0.717, 1.165) is 22.3 Å². The van der Waals surface area contributed by atoms with Crippen molar-refractivity contribution in [2.24, 2.45) is 0 Å². The van der Waals surface area contributed by atoms with Crippen LogP contribution in [0.4, 0.5) is 4.39 Å². The molecule has 86 valence electrons. The third-order valence-electron chi connectivity index (χ3n) is 2.58. The number of rotatable bonds is 0. The van der Waals surface area contributed by atoms with Crippen molar-refractivity contribution in [2.75, 3.05) is 0 Å². The summed E-state index contributed by atoms with van der Waals surface area (Å²) in [4.78, 5) is 7.31. The van der Waals surface area contributed by atoms with E-state index >= 15 is 0 Å². The number of fused-ring (bicyclic) bond motifs is 1. The van der Waals surface area contributed by atoms with Gasteiger partial charge in [0.25, 0.3) is 0 Å². The van der Waals surface area contributed by atoms with Crippen LogP contribution >= 0.6 is 0 Å². The lowest BCUT2D eigenvalue weighted by molar-refractivity contribution is 0.627. The third-order valence-corrected chi connectivity index (χ3v) is 2.58. The first-order valence-electron chi connectivity index (χ1n) is 5.52. The Morgan fingerprint density at radius 1 is 1.06 bits per heavy atom. The molecule has 2 aromatic heterocycles. The van der Waals surface area contributed by atoms with Crippen LogP contribution in [-0.4, -0.2) is 9.97 Å². The van der Waals surface area contributed by atoms with Crippen molar-refractivity contribution < 1.29 is 4.39 Å². The second-order valence-electron chi connectivity index (χ2n) is 3.88. The molecule has 0 spiro atoms. The van der Waals surface area contributed by atoms with Crippen LogP contribution in [0.1, 0.15) is 11.3 Å². The first-order valence-corrected chi connectivity index (χ1v) is 5.52. The van der Waals surface area contributed by atoms with Gasteiger partial charge in [-0.2, -0.15) is 0 Å². The fourth-order valence-electron chi connectivity index (χ4n) is 1.70. The monoisotopic (exact) mass is 236 g/mol. The van der Waals surface area contributed by atoms with Crippen molar-refractivity contribution in [1.29, 1.82) is 0 Å². The van der Waals surface area contributed by atoms with Crippen molar-refractivity contribution in [3.05, 3.63) is 65.7 Å². The van der Waals surface area contributed by atoms with Crippen LogP contribution in [0.5, 0.6) is 0 Å². The van der Waals surface area contributed by atoms with Gasteiger partial charge in [-0.1, -0.05) is 5.92 Å². The molecule has 3 heteroatoms. The number of aromatic amines is 1. The fourth-order valence-corrected chi connectivity index (χ4v) is 1.70. The minimum atomic E-state index is -0.254. The Morgan fingerprint density at radius 3 is 2.67 bits per heavy atom. The predicted molar refractivity (Wildman–Crippen MR) is 68.5 cm³/mol. The molecule has 0 saturated heterocycles. The number of benzene rings is 1.